The van der Waals surface area contributed by atoms with E-state index in [1.54, 1.807) is 14.2 Å². The summed E-state index contributed by atoms with van der Waals surface area (Å²) in [5.74, 6) is 2.93. The number of nitrogens with one attached hydrogen (secondary N) is 3. The van der Waals surface area contributed by atoms with Crippen molar-refractivity contribution >= 4 is 5.96 Å². The number of guanidine groups is 1. The highest BCUT2D eigenvalue weighted by Crippen LogP contribution is 2.36. The van der Waals surface area contributed by atoms with Crippen molar-refractivity contribution in [3.8, 4) is 17.2 Å². The van der Waals surface area contributed by atoms with Crippen LogP contribution in [0.25, 0.3) is 0 Å². The summed E-state index contributed by atoms with van der Waals surface area (Å²) in [5.41, 5.74) is 0. The minimum Gasteiger partial charge on any atom is -0.493 e. The van der Waals surface area contributed by atoms with E-state index in [-0.39, 0.29) is 0 Å². The number of hydrogen-bond donors (Lipinski definition) is 3. The van der Waals surface area contributed by atoms with Gasteiger partial charge in [-0.15, -0.1) is 0 Å². The first-order valence-electron chi connectivity index (χ1n) is 8.42. The summed E-state index contributed by atoms with van der Waals surface area (Å²) >= 11 is 0. The van der Waals surface area contributed by atoms with Gasteiger partial charge in [0.2, 0.25) is 5.75 Å². The predicted molar refractivity (Wildman–Crippen MR) is 95.5 cm³/mol. The van der Waals surface area contributed by atoms with Gasteiger partial charge in [-0.3, -0.25) is 4.99 Å². The zero-order valence-corrected chi connectivity index (χ0v) is 14.6. The SMILES string of the molecule is COc1cccc(OCCNCCCNC2=NCCCN2)c1OC. The van der Waals surface area contributed by atoms with E-state index in [2.05, 4.69) is 20.9 Å². The maximum atomic E-state index is 5.76. The molecular weight excluding hydrogens is 308 g/mol. The molecule has 0 unspecified atom stereocenters. The van der Waals surface area contributed by atoms with Crippen molar-refractivity contribution in [2.75, 3.05) is 53.6 Å². The molecule has 0 amide bonds. The lowest BCUT2D eigenvalue weighted by Gasteiger charge is -2.16. The minimum atomic E-state index is 0.575. The topological polar surface area (TPSA) is 76.1 Å². The molecule has 1 aromatic rings. The fourth-order valence-corrected chi connectivity index (χ4v) is 2.40. The highest BCUT2D eigenvalue weighted by atomic mass is 16.5. The highest BCUT2D eigenvalue weighted by Gasteiger charge is 2.10. The number of aliphatic imine (C=N–C) groups is 1. The Morgan fingerprint density at radius 2 is 2.00 bits per heavy atom. The highest BCUT2D eigenvalue weighted by molar-refractivity contribution is 5.80. The number of methoxy groups -OCH3 is 2. The number of nitrogens with zero attached hydrogens (tertiary/aromatic N) is 1. The van der Waals surface area contributed by atoms with E-state index in [1.807, 2.05) is 18.2 Å². The molecule has 0 atom stereocenters. The molecule has 0 spiro atoms. The third-order valence-electron chi connectivity index (χ3n) is 3.62. The van der Waals surface area contributed by atoms with Crippen molar-refractivity contribution in [2.24, 2.45) is 4.99 Å². The van der Waals surface area contributed by atoms with Crippen LogP contribution in [0, 0.1) is 0 Å². The van der Waals surface area contributed by atoms with Gasteiger partial charge >= 0.3 is 0 Å². The van der Waals surface area contributed by atoms with E-state index in [1.165, 1.54) is 0 Å². The van der Waals surface area contributed by atoms with Crippen LogP contribution >= 0.6 is 0 Å². The molecule has 7 nitrogen and oxygen atoms in total. The largest absolute Gasteiger partial charge is 0.493 e. The Morgan fingerprint density at radius 3 is 2.75 bits per heavy atom. The zero-order valence-electron chi connectivity index (χ0n) is 14.6. The molecule has 0 saturated carbocycles. The third-order valence-corrected chi connectivity index (χ3v) is 3.62. The monoisotopic (exact) mass is 336 g/mol. The molecule has 134 valence electrons. The summed E-state index contributed by atoms with van der Waals surface area (Å²) < 4.78 is 16.4. The van der Waals surface area contributed by atoms with E-state index in [9.17, 15) is 0 Å². The Labute approximate surface area is 143 Å². The number of ether oxygens (including phenoxy) is 3. The smallest absolute Gasteiger partial charge is 0.203 e. The molecule has 0 bridgehead atoms. The lowest BCUT2D eigenvalue weighted by atomic mass is 10.3. The fraction of sp³-hybridized carbons (Fsp3) is 0.588. The van der Waals surface area contributed by atoms with Crippen LogP contribution in [0.5, 0.6) is 17.2 Å². The molecule has 1 aliphatic rings. The van der Waals surface area contributed by atoms with Gasteiger partial charge in [0.05, 0.1) is 14.2 Å². The van der Waals surface area contributed by atoms with Crippen LogP contribution in [0.4, 0.5) is 0 Å². The first-order valence-corrected chi connectivity index (χ1v) is 8.42. The normalized spacial score (nSPS) is 13.7. The van der Waals surface area contributed by atoms with Crippen molar-refractivity contribution < 1.29 is 14.2 Å². The Hall–Kier alpha value is -2.15. The Kier molecular flexibility index (Phi) is 8.03. The lowest BCUT2D eigenvalue weighted by Crippen LogP contribution is -2.41. The first-order chi connectivity index (χ1) is 11.8. The van der Waals surface area contributed by atoms with Crippen LogP contribution < -0.4 is 30.2 Å². The maximum Gasteiger partial charge on any atom is 0.203 e. The predicted octanol–water partition coefficient (Wildman–Crippen LogP) is 1.00. The van der Waals surface area contributed by atoms with Crippen LogP contribution in [-0.4, -0.2) is 59.5 Å². The summed E-state index contributed by atoms with van der Waals surface area (Å²) in [6, 6.07) is 5.61. The van der Waals surface area contributed by atoms with Crippen LogP contribution in [0.15, 0.2) is 23.2 Å². The Balaban J connectivity index is 1.56. The van der Waals surface area contributed by atoms with Gasteiger partial charge in [0.1, 0.15) is 6.61 Å². The van der Waals surface area contributed by atoms with Crippen molar-refractivity contribution in [3.63, 3.8) is 0 Å². The number of para-hydroxylation sites is 1. The van der Waals surface area contributed by atoms with E-state index < -0.39 is 0 Å². The van der Waals surface area contributed by atoms with E-state index >= 15 is 0 Å². The molecule has 3 N–H and O–H groups in total. The molecule has 0 aliphatic carbocycles. The number of hydrogen-bond acceptors (Lipinski definition) is 7. The van der Waals surface area contributed by atoms with Crippen molar-refractivity contribution in [1.82, 2.24) is 16.0 Å². The third kappa shape index (κ3) is 5.81. The molecule has 2 rings (SSSR count). The lowest BCUT2D eigenvalue weighted by molar-refractivity contribution is 0.282. The molecule has 0 radical (unpaired) electrons. The van der Waals surface area contributed by atoms with E-state index in [0.29, 0.717) is 23.9 Å². The van der Waals surface area contributed by atoms with Gasteiger partial charge in [-0.2, -0.15) is 0 Å². The van der Waals surface area contributed by atoms with Gasteiger partial charge in [-0.25, -0.2) is 0 Å². The van der Waals surface area contributed by atoms with Gasteiger partial charge in [-0.1, -0.05) is 6.07 Å². The molecular formula is C17H28N4O3. The first kappa shape index (κ1) is 18.2. The second-order valence-corrected chi connectivity index (χ2v) is 5.38. The molecule has 0 aromatic heterocycles. The summed E-state index contributed by atoms with van der Waals surface area (Å²) in [4.78, 5) is 4.37. The van der Waals surface area contributed by atoms with Crippen LogP contribution in [-0.2, 0) is 0 Å². The van der Waals surface area contributed by atoms with Crippen LogP contribution in [0.1, 0.15) is 12.8 Å². The Bertz CT molecular complexity index is 523. The quantitative estimate of drug-likeness (QED) is 0.554. The van der Waals surface area contributed by atoms with Gasteiger partial charge in [0.15, 0.2) is 17.5 Å². The summed E-state index contributed by atoms with van der Waals surface area (Å²) in [6.07, 6.45) is 2.15. The van der Waals surface area contributed by atoms with Crippen molar-refractivity contribution in [1.29, 1.82) is 0 Å². The van der Waals surface area contributed by atoms with Gasteiger partial charge in [0, 0.05) is 26.2 Å². The number of benzene rings is 1. The Morgan fingerprint density at radius 1 is 1.12 bits per heavy atom. The average Bonchev–Trinajstić information content (AvgIpc) is 2.64. The summed E-state index contributed by atoms with van der Waals surface area (Å²) in [7, 11) is 3.23. The fourth-order valence-electron chi connectivity index (χ4n) is 2.40. The van der Waals surface area contributed by atoms with Crippen molar-refractivity contribution in [2.45, 2.75) is 12.8 Å². The molecule has 1 heterocycles. The van der Waals surface area contributed by atoms with Crippen LogP contribution in [0.2, 0.25) is 0 Å². The summed E-state index contributed by atoms with van der Waals surface area (Å²) in [6.45, 7) is 5.11. The summed E-state index contributed by atoms with van der Waals surface area (Å²) in [5, 5.41) is 9.91. The molecule has 1 aromatic carbocycles. The molecule has 0 saturated heterocycles. The second kappa shape index (κ2) is 10.6. The molecule has 0 fully saturated rings. The molecule has 24 heavy (non-hydrogen) atoms. The minimum absolute atomic E-state index is 0.575. The van der Waals surface area contributed by atoms with E-state index in [0.717, 1.165) is 51.5 Å². The standard InChI is InChI=1S/C17H28N4O3/c1-22-14-6-3-7-15(16(14)23-2)24-13-12-18-8-4-9-19-17-20-10-5-11-21-17/h3,6-7,18H,4-5,8-13H2,1-2H3,(H2,19,20,21). The number of rotatable bonds is 10. The maximum absolute atomic E-state index is 5.76. The van der Waals surface area contributed by atoms with Crippen LogP contribution in [0.3, 0.4) is 0 Å². The molecule has 1 aliphatic heterocycles. The van der Waals surface area contributed by atoms with Gasteiger partial charge in [-0.05, 0) is 31.5 Å². The van der Waals surface area contributed by atoms with E-state index in [4.69, 9.17) is 14.2 Å². The average molecular weight is 336 g/mol. The molecule has 7 heteroatoms. The zero-order chi connectivity index (χ0) is 17.0. The van der Waals surface area contributed by atoms with Gasteiger partial charge < -0.3 is 30.2 Å². The van der Waals surface area contributed by atoms with Crippen molar-refractivity contribution in [3.05, 3.63) is 18.2 Å². The van der Waals surface area contributed by atoms with Gasteiger partial charge in [0.25, 0.3) is 0 Å². The second-order valence-electron chi connectivity index (χ2n) is 5.38.